The first kappa shape index (κ1) is 15.9. The maximum atomic E-state index is 12.2. The molecule has 2 aromatic carbocycles. The van der Waals surface area contributed by atoms with E-state index in [1.165, 1.54) is 0 Å². The van der Waals surface area contributed by atoms with Crippen LogP contribution in [0.1, 0.15) is 30.1 Å². The van der Waals surface area contributed by atoms with Gasteiger partial charge < -0.3 is 0 Å². The van der Waals surface area contributed by atoms with Gasteiger partial charge in [0.15, 0.2) is 0 Å². The maximum Gasteiger partial charge on any atom is 0.137 e. The molecule has 3 rings (SSSR count). The molecule has 2 aromatic rings. The highest BCUT2D eigenvalue weighted by molar-refractivity contribution is 7.99. The lowest BCUT2D eigenvalue weighted by molar-refractivity contribution is -0.120. The van der Waals surface area contributed by atoms with E-state index in [0.29, 0.717) is 23.1 Å². The van der Waals surface area contributed by atoms with Crippen LogP contribution < -0.4 is 0 Å². The van der Waals surface area contributed by atoms with Gasteiger partial charge in [-0.05, 0) is 54.8 Å². The SMILES string of the molecule is O=C(C[C@H](Sc1ccc(Cl)cc1)c1ccc(Cl)cc1)C1CC1. The summed E-state index contributed by atoms with van der Waals surface area (Å²) >= 11 is 13.6. The second kappa shape index (κ2) is 7.08. The molecule has 4 heteroatoms. The van der Waals surface area contributed by atoms with Crippen LogP contribution in [0.15, 0.2) is 53.4 Å². The molecule has 0 radical (unpaired) electrons. The summed E-state index contributed by atoms with van der Waals surface area (Å²) in [6, 6.07) is 15.5. The molecule has 1 aliphatic carbocycles. The van der Waals surface area contributed by atoms with Gasteiger partial charge >= 0.3 is 0 Å². The Morgan fingerprint density at radius 1 is 1.00 bits per heavy atom. The molecule has 1 atom stereocenters. The van der Waals surface area contributed by atoms with E-state index in [1.54, 1.807) is 11.8 Å². The van der Waals surface area contributed by atoms with Gasteiger partial charge in [0.1, 0.15) is 5.78 Å². The van der Waals surface area contributed by atoms with E-state index in [4.69, 9.17) is 23.2 Å². The number of halogens is 2. The van der Waals surface area contributed by atoms with E-state index < -0.39 is 0 Å². The number of carbonyl (C=O) groups is 1. The smallest absolute Gasteiger partial charge is 0.137 e. The van der Waals surface area contributed by atoms with Crippen LogP contribution in [0.4, 0.5) is 0 Å². The lowest BCUT2D eigenvalue weighted by Crippen LogP contribution is -2.06. The number of rotatable bonds is 6. The van der Waals surface area contributed by atoms with Crippen LogP contribution in [0.2, 0.25) is 10.0 Å². The second-order valence-corrected chi connectivity index (χ2v) is 7.71. The van der Waals surface area contributed by atoms with Gasteiger partial charge in [-0.2, -0.15) is 0 Å². The van der Waals surface area contributed by atoms with E-state index in [1.807, 2.05) is 48.5 Å². The van der Waals surface area contributed by atoms with Crippen molar-refractivity contribution >= 4 is 40.7 Å². The highest BCUT2D eigenvalue weighted by Gasteiger charge is 2.31. The number of benzene rings is 2. The van der Waals surface area contributed by atoms with Crippen LogP contribution in [-0.2, 0) is 4.79 Å². The minimum Gasteiger partial charge on any atom is -0.299 e. The van der Waals surface area contributed by atoms with Gasteiger partial charge in [0.2, 0.25) is 0 Å². The number of hydrogen-bond acceptors (Lipinski definition) is 2. The number of ketones is 1. The zero-order chi connectivity index (χ0) is 15.5. The summed E-state index contributed by atoms with van der Waals surface area (Å²) in [5.74, 6) is 0.669. The molecule has 1 saturated carbocycles. The van der Waals surface area contributed by atoms with Gasteiger partial charge in [-0.1, -0.05) is 35.3 Å². The van der Waals surface area contributed by atoms with Crippen molar-refractivity contribution in [3.63, 3.8) is 0 Å². The first-order chi connectivity index (χ1) is 10.6. The lowest BCUT2D eigenvalue weighted by Gasteiger charge is -2.17. The van der Waals surface area contributed by atoms with Crippen molar-refractivity contribution < 1.29 is 4.79 Å². The standard InChI is InChI=1S/C18H16Cl2OS/c19-14-5-3-13(4-6-14)18(11-17(21)12-1-2-12)22-16-9-7-15(20)8-10-16/h3-10,12,18H,1-2,11H2/t18-/m0/s1. The van der Waals surface area contributed by atoms with E-state index in [-0.39, 0.29) is 5.25 Å². The van der Waals surface area contributed by atoms with Gasteiger partial charge in [-0.25, -0.2) is 0 Å². The van der Waals surface area contributed by atoms with Crippen LogP contribution in [0.5, 0.6) is 0 Å². The third-order valence-electron chi connectivity index (χ3n) is 3.75. The second-order valence-electron chi connectivity index (χ2n) is 5.56. The zero-order valence-electron chi connectivity index (χ0n) is 12.0. The fourth-order valence-electron chi connectivity index (χ4n) is 2.34. The third-order valence-corrected chi connectivity index (χ3v) is 5.52. The van der Waals surface area contributed by atoms with Crippen LogP contribution in [-0.4, -0.2) is 5.78 Å². The summed E-state index contributed by atoms with van der Waals surface area (Å²) in [5.41, 5.74) is 1.14. The summed E-state index contributed by atoms with van der Waals surface area (Å²) < 4.78 is 0. The molecule has 0 N–H and O–H groups in total. The van der Waals surface area contributed by atoms with Crippen LogP contribution >= 0.6 is 35.0 Å². The summed E-state index contributed by atoms with van der Waals surface area (Å²) in [5, 5.41) is 1.56. The average molecular weight is 351 g/mol. The molecule has 1 aliphatic rings. The summed E-state index contributed by atoms with van der Waals surface area (Å²) in [7, 11) is 0. The van der Waals surface area contributed by atoms with E-state index >= 15 is 0 Å². The van der Waals surface area contributed by atoms with Crippen molar-refractivity contribution in [2.45, 2.75) is 29.4 Å². The monoisotopic (exact) mass is 350 g/mol. The van der Waals surface area contributed by atoms with Crippen molar-refractivity contribution in [2.75, 3.05) is 0 Å². The molecule has 0 amide bonds. The predicted molar refractivity (Wildman–Crippen MR) is 93.9 cm³/mol. The summed E-state index contributed by atoms with van der Waals surface area (Å²) in [4.78, 5) is 13.4. The normalized spacial score (nSPS) is 15.5. The molecule has 0 bridgehead atoms. The van der Waals surface area contributed by atoms with Gasteiger partial charge in [0.05, 0.1) is 0 Å². The molecule has 0 heterocycles. The number of carbonyl (C=O) groups excluding carboxylic acids is 1. The van der Waals surface area contributed by atoms with E-state index in [9.17, 15) is 4.79 Å². The molecule has 0 aliphatic heterocycles. The minimum absolute atomic E-state index is 0.117. The fourth-order valence-corrected chi connectivity index (χ4v) is 3.75. The molecular weight excluding hydrogens is 335 g/mol. The van der Waals surface area contributed by atoms with Crippen molar-refractivity contribution in [3.05, 3.63) is 64.1 Å². The quantitative estimate of drug-likeness (QED) is 0.577. The Morgan fingerprint density at radius 3 is 2.09 bits per heavy atom. The summed E-state index contributed by atoms with van der Waals surface area (Å²) in [6.45, 7) is 0. The number of Topliss-reactive ketones (excluding diaryl/α,β-unsaturated/α-hetero) is 1. The first-order valence-corrected chi connectivity index (χ1v) is 8.96. The van der Waals surface area contributed by atoms with Crippen LogP contribution in [0, 0.1) is 5.92 Å². The molecule has 0 unspecified atom stereocenters. The molecule has 1 nitrogen and oxygen atoms in total. The van der Waals surface area contributed by atoms with Crippen molar-refractivity contribution in [1.29, 1.82) is 0 Å². The Kier molecular flexibility index (Phi) is 5.12. The van der Waals surface area contributed by atoms with E-state index in [0.717, 1.165) is 28.3 Å². The van der Waals surface area contributed by atoms with Gasteiger partial charge in [-0.15, -0.1) is 11.8 Å². The Bertz CT molecular complexity index is 648. The van der Waals surface area contributed by atoms with Crippen LogP contribution in [0.3, 0.4) is 0 Å². The highest BCUT2D eigenvalue weighted by atomic mass is 35.5. The Labute approximate surface area is 145 Å². The van der Waals surface area contributed by atoms with Crippen molar-refractivity contribution in [2.24, 2.45) is 5.92 Å². The molecular formula is C18H16Cl2OS. The number of thioether (sulfide) groups is 1. The van der Waals surface area contributed by atoms with Crippen molar-refractivity contribution in [3.8, 4) is 0 Å². The molecule has 114 valence electrons. The first-order valence-electron chi connectivity index (χ1n) is 7.32. The zero-order valence-corrected chi connectivity index (χ0v) is 14.3. The topological polar surface area (TPSA) is 17.1 Å². The van der Waals surface area contributed by atoms with Crippen molar-refractivity contribution in [1.82, 2.24) is 0 Å². The van der Waals surface area contributed by atoms with Gasteiger partial charge in [0, 0.05) is 32.5 Å². The molecule has 1 fully saturated rings. The maximum absolute atomic E-state index is 12.2. The highest BCUT2D eigenvalue weighted by Crippen LogP contribution is 2.41. The van der Waals surface area contributed by atoms with E-state index in [2.05, 4.69) is 0 Å². The molecule has 0 saturated heterocycles. The van der Waals surface area contributed by atoms with Gasteiger partial charge in [0.25, 0.3) is 0 Å². The Hall–Kier alpha value is -0.960. The Balaban J connectivity index is 1.79. The largest absolute Gasteiger partial charge is 0.299 e. The molecule has 22 heavy (non-hydrogen) atoms. The average Bonchev–Trinajstić information content (AvgIpc) is 3.34. The molecule has 0 aromatic heterocycles. The summed E-state index contributed by atoms with van der Waals surface area (Å²) in [6.07, 6.45) is 2.68. The lowest BCUT2D eigenvalue weighted by atomic mass is 10.0. The fraction of sp³-hybridized carbons (Fsp3) is 0.278. The predicted octanol–water partition coefficient (Wildman–Crippen LogP) is 6.20. The van der Waals surface area contributed by atoms with Crippen LogP contribution in [0.25, 0.3) is 0 Å². The van der Waals surface area contributed by atoms with Gasteiger partial charge in [-0.3, -0.25) is 4.79 Å². The number of hydrogen-bond donors (Lipinski definition) is 0. The Morgan fingerprint density at radius 2 is 1.55 bits per heavy atom. The third kappa shape index (κ3) is 4.28. The minimum atomic E-state index is 0.117. The molecule has 0 spiro atoms.